The molecule has 2 fully saturated rings. The predicted octanol–water partition coefficient (Wildman–Crippen LogP) is 2.62. The Kier molecular flexibility index (Phi) is 1.93. The fourth-order valence-corrected chi connectivity index (χ4v) is 3.39. The van der Waals surface area contributed by atoms with Crippen LogP contribution in [0.5, 0.6) is 0 Å². The zero-order chi connectivity index (χ0) is 10.5. The molecule has 1 nitrogen and oxygen atoms in total. The average molecular weight is 201 g/mol. The predicted molar refractivity (Wildman–Crippen MR) is 62.7 cm³/mol. The lowest BCUT2D eigenvalue weighted by atomic mass is 9.85. The molecule has 2 aliphatic carbocycles. The monoisotopic (exact) mass is 201 g/mol. The van der Waals surface area contributed by atoms with E-state index in [0.29, 0.717) is 5.41 Å². The average Bonchev–Trinajstić information content (AvgIpc) is 3.12. The number of aryl methyl sites for hydroxylation is 1. The lowest BCUT2D eigenvalue weighted by molar-refractivity contribution is 0.532. The van der Waals surface area contributed by atoms with Gasteiger partial charge in [0.05, 0.1) is 0 Å². The summed E-state index contributed by atoms with van der Waals surface area (Å²) in [5.41, 5.74) is 9.39. The molecule has 0 radical (unpaired) electrons. The van der Waals surface area contributed by atoms with Gasteiger partial charge in [0.15, 0.2) is 0 Å². The largest absolute Gasteiger partial charge is 0.330 e. The molecule has 80 valence electrons. The van der Waals surface area contributed by atoms with Crippen molar-refractivity contribution in [3.63, 3.8) is 0 Å². The summed E-state index contributed by atoms with van der Waals surface area (Å²) in [6, 6.07) is 8.88. The molecule has 0 aromatic heterocycles. The Morgan fingerprint density at radius 3 is 2.60 bits per heavy atom. The SMILES string of the molecule is Cc1ccccc1C1(C2CC2)C[C@H]1CN. The Labute approximate surface area is 91.7 Å². The first-order valence-corrected chi connectivity index (χ1v) is 6.05. The van der Waals surface area contributed by atoms with Gasteiger partial charge in [-0.3, -0.25) is 0 Å². The number of nitrogens with two attached hydrogens (primary N) is 1. The molecule has 0 aliphatic heterocycles. The third kappa shape index (κ3) is 1.26. The van der Waals surface area contributed by atoms with Crippen molar-refractivity contribution in [2.24, 2.45) is 17.6 Å². The van der Waals surface area contributed by atoms with Gasteiger partial charge in [-0.25, -0.2) is 0 Å². The third-order valence-electron chi connectivity index (χ3n) is 4.39. The lowest BCUT2D eigenvalue weighted by Crippen LogP contribution is -2.18. The Morgan fingerprint density at radius 1 is 1.33 bits per heavy atom. The van der Waals surface area contributed by atoms with E-state index in [4.69, 9.17) is 5.73 Å². The highest BCUT2D eigenvalue weighted by Gasteiger charge is 2.62. The highest BCUT2D eigenvalue weighted by atomic mass is 14.7. The summed E-state index contributed by atoms with van der Waals surface area (Å²) in [6.07, 6.45) is 4.18. The van der Waals surface area contributed by atoms with Crippen molar-refractivity contribution in [3.05, 3.63) is 35.4 Å². The highest BCUT2D eigenvalue weighted by Crippen LogP contribution is 2.66. The first-order chi connectivity index (χ1) is 7.29. The molecule has 1 aromatic rings. The van der Waals surface area contributed by atoms with Crippen LogP contribution in [0, 0.1) is 18.8 Å². The normalized spacial score (nSPS) is 34.1. The van der Waals surface area contributed by atoms with E-state index >= 15 is 0 Å². The van der Waals surface area contributed by atoms with Gasteiger partial charge in [0.25, 0.3) is 0 Å². The van der Waals surface area contributed by atoms with E-state index in [1.54, 1.807) is 5.56 Å². The zero-order valence-corrected chi connectivity index (χ0v) is 9.37. The van der Waals surface area contributed by atoms with Crippen LogP contribution in [0.4, 0.5) is 0 Å². The van der Waals surface area contributed by atoms with Gasteiger partial charge in [-0.1, -0.05) is 24.3 Å². The minimum Gasteiger partial charge on any atom is -0.330 e. The third-order valence-corrected chi connectivity index (χ3v) is 4.39. The van der Waals surface area contributed by atoms with Crippen molar-refractivity contribution >= 4 is 0 Å². The Hall–Kier alpha value is -0.820. The molecule has 0 saturated heterocycles. The van der Waals surface area contributed by atoms with Crippen molar-refractivity contribution in [3.8, 4) is 0 Å². The second-order valence-corrected chi connectivity index (χ2v) is 5.27. The lowest BCUT2D eigenvalue weighted by Gasteiger charge is -2.19. The van der Waals surface area contributed by atoms with E-state index in [2.05, 4.69) is 31.2 Å². The van der Waals surface area contributed by atoms with E-state index in [0.717, 1.165) is 18.4 Å². The van der Waals surface area contributed by atoms with Crippen molar-refractivity contribution in [1.29, 1.82) is 0 Å². The second-order valence-electron chi connectivity index (χ2n) is 5.27. The van der Waals surface area contributed by atoms with E-state index in [9.17, 15) is 0 Å². The molecule has 15 heavy (non-hydrogen) atoms. The second kappa shape index (κ2) is 3.08. The summed E-state index contributed by atoms with van der Waals surface area (Å²) in [5, 5.41) is 0. The minimum atomic E-state index is 0.486. The summed E-state index contributed by atoms with van der Waals surface area (Å²) in [4.78, 5) is 0. The van der Waals surface area contributed by atoms with Gasteiger partial charge in [-0.15, -0.1) is 0 Å². The maximum absolute atomic E-state index is 5.86. The molecule has 0 spiro atoms. The molecule has 1 unspecified atom stereocenters. The molecule has 1 aromatic carbocycles. The molecule has 2 atom stereocenters. The molecule has 0 heterocycles. The summed E-state index contributed by atoms with van der Waals surface area (Å²) >= 11 is 0. The Bertz CT molecular complexity index is 381. The Morgan fingerprint density at radius 2 is 2.07 bits per heavy atom. The van der Waals surface area contributed by atoms with Crippen LogP contribution in [0.1, 0.15) is 30.4 Å². The van der Waals surface area contributed by atoms with Crippen LogP contribution >= 0.6 is 0 Å². The topological polar surface area (TPSA) is 26.0 Å². The zero-order valence-electron chi connectivity index (χ0n) is 9.37. The minimum absolute atomic E-state index is 0.486. The number of rotatable bonds is 3. The van der Waals surface area contributed by atoms with Gasteiger partial charge < -0.3 is 5.73 Å². The quantitative estimate of drug-likeness (QED) is 0.799. The van der Waals surface area contributed by atoms with Crippen molar-refractivity contribution in [2.75, 3.05) is 6.54 Å². The van der Waals surface area contributed by atoms with Gasteiger partial charge in [0.1, 0.15) is 0 Å². The summed E-state index contributed by atoms with van der Waals surface area (Å²) in [7, 11) is 0. The van der Waals surface area contributed by atoms with Crippen LogP contribution in [-0.4, -0.2) is 6.54 Å². The van der Waals surface area contributed by atoms with Crippen LogP contribution < -0.4 is 5.73 Å². The fraction of sp³-hybridized carbons (Fsp3) is 0.571. The molecule has 2 aliphatic rings. The van der Waals surface area contributed by atoms with E-state index in [-0.39, 0.29) is 0 Å². The molecule has 1 heteroatoms. The number of hydrogen-bond acceptors (Lipinski definition) is 1. The van der Waals surface area contributed by atoms with Crippen LogP contribution in [0.3, 0.4) is 0 Å². The molecule has 2 saturated carbocycles. The summed E-state index contributed by atoms with van der Waals surface area (Å²) in [5.74, 6) is 1.69. The molecular formula is C14H19N. The Balaban J connectivity index is 2.01. The van der Waals surface area contributed by atoms with E-state index < -0.39 is 0 Å². The van der Waals surface area contributed by atoms with Crippen LogP contribution in [0.2, 0.25) is 0 Å². The first kappa shape index (κ1) is 9.41. The van der Waals surface area contributed by atoms with Gasteiger partial charge in [-0.2, -0.15) is 0 Å². The van der Waals surface area contributed by atoms with E-state index in [1.165, 1.54) is 24.8 Å². The maximum atomic E-state index is 5.86. The first-order valence-electron chi connectivity index (χ1n) is 6.05. The summed E-state index contributed by atoms with van der Waals surface area (Å²) < 4.78 is 0. The van der Waals surface area contributed by atoms with Crippen LogP contribution in [0.15, 0.2) is 24.3 Å². The van der Waals surface area contributed by atoms with Crippen LogP contribution in [-0.2, 0) is 5.41 Å². The van der Waals surface area contributed by atoms with Gasteiger partial charge in [0, 0.05) is 5.41 Å². The number of benzene rings is 1. The molecule has 0 amide bonds. The van der Waals surface area contributed by atoms with E-state index in [1.807, 2.05) is 0 Å². The number of hydrogen-bond donors (Lipinski definition) is 1. The standard InChI is InChI=1S/C14H19N/c1-10-4-2-3-5-13(10)14(11-6-7-11)8-12(14)9-15/h2-5,11-12H,6-9,15H2,1H3/t12-,14?/m0/s1. The molecule has 2 N–H and O–H groups in total. The smallest absolute Gasteiger partial charge is 0.00278 e. The van der Waals surface area contributed by atoms with Crippen molar-refractivity contribution in [1.82, 2.24) is 0 Å². The van der Waals surface area contributed by atoms with Crippen LogP contribution in [0.25, 0.3) is 0 Å². The van der Waals surface area contributed by atoms with Gasteiger partial charge in [-0.05, 0) is 55.7 Å². The molecule has 0 bridgehead atoms. The molecular weight excluding hydrogens is 182 g/mol. The summed E-state index contributed by atoms with van der Waals surface area (Å²) in [6.45, 7) is 3.11. The maximum Gasteiger partial charge on any atom is 0.00278 e. The highest BCUT2D eigenvalue weighted by molar-refractivity contribution is 5.42. The van der Waals surface area contributed by atoms with Crippen molar-refractivity contribution < 1.29 is 0 Å². The molecule has 3 rings (SSSR count). The van der Waals surface area contributed by atoms with Gasteiger partial charge >= 0.3 is 0 Å². The van der Waals surface area contributed by atoms with Crippen molar-refractivity contribution in [2.45, 2.75) is 31.6 Å². The fourth-order valence-electron chi connectivity index (χ4n) is 3.39. The van der Waals surface area contributed by atoms with Gasteiger partial charge in [0.2, 0.25) is 0 Å².